The van der Waals surface area contributed by atoms with Gasteiger partial charge in [0.15, 0.2) is 0 Å². The first kappa shape index (κ1) is 14.9. The summed E-state index contributed by atoms with van der Waals surface area (Å²) in [5, 5.41) is 3.39. The minimum Gasteiger partial charge on any atom is -0.491 e. The van der Waals surface area contributed by atoms with Crippen LogP contribution in [0.5, 0.6) is 5.75 Å². The highest BCUT2D eigenvalue weighted by atomic mass is 16.5. The molecule has 1 aliphatic rings. The summed E-state index contributed by atoms with van der Waals surface area (Å²) >= 11 is 0. The monoisotopic (exact) mass is 276 g/mol. The van der Waals surface area contributed by atoms with Crippen molar-refractivity contribution in [2.24, 2.45) is 0 Å². The Morgan fingerprint density at radius 3 is 2.85 bits per heavy atom. The van der Waals surface area contributed by atoms with Crippen molar-refractivity contribution in [2.45, 2.75) is 45.9 Å². The molecule has 1 N–H and O–H groups in total. The number of piperazine rings is 1. The molecule has 1 amide bonds. The summed E-state index contributed by atoms with van der Waals surface area (Å²) in [6.45, 7) is 9.73. The second-order valence-electron chi connectivity index (χ2n) is 5.81. The molecule has 0 saturated carbocycles. The number of hydrogen-bond donors (Lipinski definition) is 1. The summed E-state index contributed by atoms with van der Waals surface area (Å²) in [5.74, 6) is 0.835. The molecule has 1 aromatic carbocycles. The number of carbonyl (C=O) groups is 1. The largest absolute Gasteiger partial charge is 0.491 e. The minimum atomic E-state index is 0.0834. The van der Waals surface area contributed by atoms with Crippen LogP contribution in [0.25, 0.3) is 0 Å². The van der Waals surface area contributed by atoms with Gasteiger partial charge in [0.05, 0.1) is 6.10 Å². The standard InChI is InChI=1S/C16H24N2O2/c1-11(2)20-15-7-5-6-14(8-15)16(19)18-10-12(3)17-9-13(18)4/h5-8,11-13,17H,9-10H2,1-4H3. The Hall–Kier alpha value is -1.55. The van der Waals surface area contributed by atoms with E-state index in [4.69, 9.17) is 4.74 Å². The van der Waals surface area contributed by atoms with Crippen LogP contribution in [-0.4, -0.2) is 42.1 Å². The fourth-order valence-electron chi connectivity index (χ4n) is 2.44. The molecule has 1 aromatic rings. The van der Waals surface area contributed by atoms with Crippen LogP contribution in [0.2, 0.25) is 0 Å². The molecule has 2 unspecified atom stereocenters. The maximum Gasteiger partial charge on any atom is 0.254 e. The van der Waals surface area contributed by atoms with Crippen molar-refractivity contribution < 1.29 is 9.53 Å². The smallest absolute Gasteiger partial charge is 0.254 e. The highest BCUT2D eigenvalue weighted by Gasteiger charge is 2.27. The third-order valence-electron chi connectivity index (χ3n) is 3.48. The molecule has 0 bridgehead atoms. The fourth-order valence-corrected chi connectivity index (χ4v) is 2.44. The SMILES string of the molecule is CC1CN(C(=O)c2cccc(OC(C)C)c2)C(C)CN1. The van der Waals surface area contributed by atoms with Gasteiger partial charge in [-0.3, -0.25) is 4.79 Å². The first-order chi connectivity index (χ1) is 9.47. The van der Waals surface area contributed by atoms with Crippen molar-refractivity contribution in [1.82, 2.24) is 10.2 Å². The van der Waals surface area contributed by atoms with Crippen LogP contribution in [0, 0.1) is 0 Å². The Morgan fingerprint density at radius 2 is 2.15 bits per heavy atom. The van der Waals surface area contributed by atoms with E-state index in [2.05, 4.69) is 19.2 Å². The summed E-state index contributed by atoms with van der Waals surface area (Å²) in [7, 11) is 0. The molecular formula is C16H24N2O2. The molecule has 0 spiro atoms. The second kappa shape index (κ2) is 6.27. The normalized spacial score (nSPS) is 22.9. The molecule has 1 saturated heterocycles. The summed E-state index contributed by atoms with van der Waals surface area (Å²) in [6.07, 6.45) is 0.110. The van der Waals surface area contributed by atoms with Gasteiger partial charge in [0, 0.05) is 30.7 Å². The predicted molar refractivity (Wildman–Crippen MR) is 80.2 cm³/mol. The van der Waals surface area contributed by atoms with Crippen LogP contribution in [0.15, 0.2) is 24.3 Å². The Kier molecular flexibility index (Phi) is 4.65. The van der Waals surface area contributed by atoms with E-state index in [0.717, 1.165) is 18.8 Å². The highest BCUT2D eigenvalue weighted by molar-refractivity contribution is 5.95. The number of nitrogens with one attached hydrogen (secondary N) is 1. The van der Waals surface area contributed by atoms with E-state index < -0.39 is 0 Å². The molecule has 1 heterocycles. The number of benzene rings is 1. The molecule has 1 fully saturated rings. The van der Waals surface area contributed by atoms with Crippen molar-refractivity contribution in [2.75, 3.05) is 13.1 Å². The number of rotatable bonds is 3. The van der Waals surface area contributed by atoms with Gasteiger partial charge < -0.3 is 15.0 Å². The number of hydrogen-bond acceptors (Lipinski definition) is 3. The number of ether oxygens (including phenoxy) is 1. The first-order valence-electron chi connectivity index (χ1n) is 7.28. The average Bonchev–Trinajstić information content (AvgIpc) is 2.40. The average molecular weight is 276 g/mol. The zero-order valence-electron chi connectivity index (χ0n) is 12.7. The fraction of sp³-hybridized carbons (Fsp3) is 0.562. The van der Waals surface area contributed by atoms with Gasteiger partial charge in [-0.2, -0.15) is 0 Å². The summed E-state index contributed by atoms with van der Waals surface area (Å²) < 4.78 is 5.66. The quantitative estimate of drug-likeness (QED) is 0.921. The Labute approximate surface area is 121 Å². The van der Waals surface area contributed by atoms with Crippen LogP contribution < -0.4 is 10.1 Å². The Bertz CT molecular complexity index is 473. The van der Waals surface area contributed by atoms with Gasteiger partial charge in [0.2, 0.25) is 0 Å². The van der Waals surface area contributed by atoms with E-state index in [1.54, 1.807) is 0 Å². The molecular weight excluding hydrogens is 252 g/mol. The maximum atomic E-state index is 12.6. The van der Waals surface area contributed by atoms with E-state index in [0.29, 0.717) is 11.6 Å². The van der Waals surface area contributed by atoms with E-state index in [-0.39, 0.29) is 18.1 Å². The number of amides is 1. The maximum absolute atomic E-state index is 12.6. The van der Waals surface area contributed by atoms with Gasteiger partial charge in [0.1, 0.15) is 5.75 Å². The van der Waals surface area contributed by atoms with Crippen molar-refractivity contribution in [3.8, 4) is 5.75 Å². The zero-order chi connectivity index (χ0) is 14.7. The van der Waals surface area contributed by atoms with E-state index in [9.17, 15) is 4.79 Å². The van der Waals surface area contributed by atoms with Crippen LogP contribution in [0.4, 0.5) is 0 Å². The van der Waals surface area contributed by atoms with Crippen LogP contribution in [0.1, 0.15) is 38.1 Å². The van der Waals surface area contributed by atoms with Crippen LogP contribution in [-0.2, 0) is 0 Å². The zero-order valence-corrected chi connectivity index (χ0v) is 12.7. The molecule has 0 aliphatic carbocycles. The van der Waals surface area contributed by atoms with Crippen LogP contribution in [0.3, 0.4) is 0 Å². The van der Waals surface area contributed by atoms with Crippen molar-refractivity contribution in [3.05, 3.63) is 29.8 Å². The number of nitrogens with zero attached hydrogens (tertiary/aromatic N) is 1. The lowest BCUT2D eigenvalue weighted by atomic mass is 10.1. The molecule has 110 valence electrons. The first-order valence-corrected chi connectivity index (χ1v) is 7.28. The molecule has 2 atom stereocenters. The lowest BCUT2D eigenvalue weighted by Gasteiger charge is -2.37. The van der Waals surface area contributed by atoms with Crippen LogP contribution >= 0.6 is 0 Å². The molecule has 0 aromatic heterocycles. The topological polar surface area (TPSA) is 41.6 Å². The van der Waals surface area contributed by atoms with Crippen molar-refractivity contribution in [3.63, 3.8) is 0 Å². The third kappa shape index (κ3) is 3.51. The summed E-state index contributed by atoms with van der Waals surface area (Å²) in [4.78, 5) is 14.6. The van der Waals surface area contributed by atoms with Crippen molar-refractivity contribution in [1.29, 1.82) is 0 Å². The van der Waals surface area contributed by atoms with Crippen molar-refractivity contribution >= 4 is 5.91 Å². The van der Waals surface area contributed by atoms with E-state index >= 15 is 0 Å². The molecule has 1 aliphatic heterocycles. The highest BCUT2D eigenvalue weighted by Crippen LogP contribution is 2.18. The molecule has 4 heteroatoms. The predicted octanol–water partition coefficient (Wildman–Crippen LogP) is 2.30. The molecule has 2 rings (SSSR count). The molecule has 4 nitrogen and oxygen atoms in total. The van der Waals surface area contributed by atoms with Gasteiger partial charge in [-0.25, -0.2) is 0 Å². The third-order valence-corrected chi connectivity index (χ3v) is 3.48. The summed E-state index contributed by atoms with van der Waals surface area (Å²) in [5.41, 5.74) is 0.698. The lowest BCUT2D eigenvalue weighted by molar-refractivity contribution is 0.0615. The van der Waals surface area contributed by atoms with Gasteiger partial charge in [-0.15, -0.1) is 0 Å². The van der Waals surface area contributed by atoms with E-state index in [1.807, 2.05) is 43.0 Å². The van der Waals surface area contributed by atoms with E-state index in [1.165, 1.54) is 0 Å². The minimum absolute atomic E-state index is 0.0834. The molecule has 20 heavy (non-hydrogen) atoms. The Balaban J connectivity index is 2.15. The van der Waals surface area contributed by atoms with Gasteiger partial charge >= 0.3 is 0 Å². The Morgan fingerprint density at radius 1 is 1.40 bits per heavy atom. The molecule has 0 radical (unpaired) electrons. The number of carbonyl (C=O) groups excluding carboxylic acids is 1. The summed E-state index contributed by atoms with van der Waals surface area (Å²) in [6, 6.07) is 8.01. The lowest BCUT2D eigenvalue weighted by Crippen LogP contribution is -2.56. The van der Waals surface area contributed by atoms with Gasteiger partial charge in [-0.1, -0.05) is 6.07 Å². The van der Waals surface area contributed by atoms with Gasteiger partial charge in [-0.05, 0) is 45.9 Å². The second-order valence-corrected chi connectivity index (χ2v) is 5.81. The van der Waals surface area contributed by atoms with Gasteiger partial charge in [0.25, 0.3) is 5.91 Å².